The first-order valence-electron chi connectivity index (χ1n) is 6.75. The first-order valence-corrected chi connectivity index (χ1v) is 8.33. The summed E-state index contributed by atoms with van der Waals surface area (Å²) >= 11 is 8.07. The summed E-state index contributed by atoms with van der Waals surface area (Å²) in [5.74, 6) is 2.96. The predicted octanol–water partition coefficient (Wildman–Crippen LogP) is 2.86. The van der Waals surface area contributed by atoms with Gasteiger partial charge in [0.2, 0.25) is 5.88 Å². The number of methoxy groups -OCH3 is 1. The van der Waals surface area contributed by atoms with Crippen molar-refractivity contribution < 1.29 is 4.74 Å². The minimum atomic E-state index is 0.372. The smallest absolute Gasteiger partial charge is 0.245 e. The number of aromatic nitrogens is 4. The van der Waals surface area contributed by atoms with E-state index in [4.69, 9.17) is 16.3 Å². The molecule has 0 aromatic carbocycles. The van der Waals surface area contributed by atoms with Crippen molar-refractivity contribution in [2.24, 2.45) is 0 Å². The van der Waals surface area contributed by atoms with Crippen LogP contribution in [0.1, 0.15) is 25.1 Å². The Morgan fingerprint density at radius 1 is 1.45 bits per heavy atom. The number of halogens is 1. The molecule has 1 atom stereocenters. The predicted molar refractivity (Wildman–Crippen MR) is 81.5 cm³/mol. The van der Waals surface area contributed by atoms with Gasteiger partial charge in [-0.1, -0.05) is 6.42 Å². The van der Waals surface area contributed by atoms with Crippen molar-refractivity contribution in [3.63, 3.8) is 0 Å². The van der Waals surface area contributed by atoms with Crippen LogP contribution in [0.5, 0.6) is 5.88 Å². The Bertz CT molecular complexity index is 597. The van der Waals surface area contributed by atoms with E-state index in [9.17, 15) is 0 Å². The molecule has 2 aromatic heterocycles. The van der Waals surface area contributed by atoms with Crippen LogP contribution in [0.25, 0.3) is 11.2 Å². The van der Waals surface area contributed by atoms with E-state index >= 15 is 0 Å². The highest BCUT2D eigenvalue weighted by Crippen LogP contribution is 2.29. The lowest BCUT2D eigenvalue weighted by molar-refractivity contribution is 0.401. The number of imidazole rings is 1. The Morgan fingerprint density at radius 2 is 2.35 bits per heavy atom. The molecule has 0 aliphatic carbocycles. The maximum absolute atomic E-state index is 6.04. The van der Waals surface area contributed by atoms with Gasteiger partial charge in [0.05, 0.1) is 13.0 Å². The van der Waals surface area contributed by atoms with Crippen LogP contribution in [0.4, 0.5) is 0 Å². The van der Waals surface area contributed by atoms with E-state index in [1.54, 1.807) is 7.11 Å². The van der Waals surface area contributed by atoms with E-state index in [-0.39, 0.29) is 0 Å². The zero-order valence-corrected chi connectivity index (χ0v) is 13.0. The zero-order valence-electron chi connectivity index (χ0n) is 11.4. The van der Waals surface area contributed by atoms with Crippen molar-refractivity contribution in [1.29, 1.82) is 0 Å². The number of thioether (sulfide) groups is 1. The fourth-order valence-electron chi connectivity index (χ4n) is 2.56. The third-order valence-electron chi connectivity index (χ3n) is 3.55. The summed E-state index contributed by atoms with van der Waals surface area (Å²) in [6.45, 7) is 0.906. The van der Waals surface area contributed by atoms with Crippen LogP contribution in [0.2, 0.25) is 0 Å². The fourth-order valence-corrected chi connectivity index (χ4v) is 4.06. The summed E-state index contributed by atoms with van der Waals surface area (Å²) in [5, 5.41) is 0.615. The molecule has 108 valence electrons. The van der Waals surface area contributed by atoms with E-state index in [0.717, 1.165) is 18.0 Å². The molecule has 3 heterocycles. The lowest BCUT2D eigenvalue weighted by Crippen LogP contribution is -2.18. The molecular formula is C13H17ClN4OS. The van der Waals surface area contributed by atoms with Gasteiger partial charge in [-0.15, -0.1) is 11.6 Å². The SMILES string of the molecule is COc1ncnc2c1nc(CCl)n2CC1CCCCS1. The maximum atomic E-state index is 6.04. The average Bonchev–Trinajstić information content (AvgIpc) is 2.86. The van der Waals surface area contributed by atoms with Gasteiger partial charge in [0.1, 0.15) is 12.2 Å². The highest BCUT2D eigenvalue weighted by Gasteiger charge is 2.20. The van der Waals surface area contributed by atoms with Gasteiger partial charge in [-0.25, -0.2) is 9.97 Å². The normalized spacial score (nSPS) is 19.4. The van der Waals surface area contributed by atoms with Gasteiger partial charge >= 0.3 is 0 Å². The number of hydrogen-bond donors (Lipinski definition) is 0. The van der Waals surface area contributed by atoms with E-state index < -0.39 is 0 Å². The van der Waals surface area contributed by atoms with Crippen LogP contribution < -0.4 is 4.74 Å². The van der Waals surface area contributed by atoms with Crippen LogP contribution in [-0.4, -0.2) is 37.6 Å². The zero-order chi connectivity index (χ0) is 13.9. The first-order chi connectivity index (χ1) is 9.83. The molecule has 1 aliphatic heterocycles. The van der Waals surface area contributed by atoms with Gasteiger partial charge in [0, 0.05) is 11.8 Å². The molecule has 3 rings (SSSR count). The van der Waals surface area contributed by atoms with E-state index in [1.165, 1.54) is 31.3 Å². The summed E-state index contributed by atoms with van der Waals surface area (Å²) in [7, 11) is 1.60. The second-order valence-corrected chi connectivity index (χ2v) is 6.49. The first kappa shape index (κ1) is 13.9. The molecule has 1 unspecified atom stereocenters. The molecule has 0 amide bonds. The highest BCUT2D eigenvalue weighted by atomic mass is 35.5. The van der Waals surface area contributed by atoms with Crippen LogP contribution >= 0.6 is 23.4 Å². The van der Waals surface area contributed by atoms with Crippen LogP contribution in [-0.2, 0) is 12.4 Å². The van der Waals surface area contributed by atoms with Crippen molar-refractivity contribution in [3.8, 4) is 5.88 Å². The van der Waals surface area contributed by atoms with Gasteiger partial charge in [0.25, 0.3) is 0 Å². The van der Waals surface area contributed by atoms with E-state index in [0.29, 0.717) is 22.5 Å². The molecule has 0 radical (unpaired) electrons. The third-order valence-corrected chi connectivity index (χ3v) is 5.17. The quantitative estimate of drug-likeness (QED) is 0.813. The molecule has 0 saturated carbocycles. The van der Waals surface area contributed by atoms with Crippen LogP contribution in [0.15, 0.2) is 6.33 Å². The third kappa shape index (κ3) is 2.59. The van der Waals surface area contributed by atoms with Crippen molar-refractivity contribution >= 4 is 34.5 Å². The summed E-state index contributed by atoms with van der Waals surface area (Å²) in [6, 6.07) is 0. The van der Waals surface area contributed by atoms with Crippen molar-refractivity contribution in [1.82, 2.24) is 19.5 Å². The molecule has 1 aliphatic rings. The molecule has 1 fully saturated rings. The fraction of sp³-hybridized carbons (Fsp3) is 0.615. The van der Waals surface area contributed by atoms with E-state index in [2.05, 4.69) is 19.5 Å². The molecule has 2 aromatic rings. The lowest BCUT2D eigenvalue weighted by atomic mass is 10.2. The number of rotatable bonds is 4. The monoisotopic (exact) mass is 312 g/mol. The van der Waals surface area contributed by atoms with Gasteiger partial charge in [-0.3, -0.25) is 0 Å². The number of alkyl halides is 1. The van der Waals surface area contributed by atoms with Gasteiger partial charge < -0.3 is 9.30 Å². The molecular weight excluding hydrogens is 296 g/mol. The van der Waals surface area contributed by atoms with E-state index in [1.807, 2.05) is 11.8 Å². The van der Waals surface area contributed by atoms with Crippen LogP contribution in [0, 0.1) is 0 Å². The summed E-state index contributed by atoms with van der Waals surface area (Å²) < 4.78 is 7.38. The standard InChI is InChI=1S/C13H17ClN4OS/c1-19-13-11-12(15-8-16-13)18(10(6-14)17-11)7-9-4-2-3-5-20-9/h8-9H,2-7H2,1H3. The minimum Gasteiger partial charge on any atom is -0.479 e. The summed E-state index contributed by atoms with van der Waals surface area (Å²) in [6.07, 6.45) is 5.39. The van der Waals surface area contributed by atoms with Gasteiger partial charge in [0.15, 0.2) is 11.2 Å². The maximum Gasteiger partial charge on any atom is 0.245 e. The van der Waals surface area contributed by atoms with Crippen LogP contribution in [0.3, 0.4) is 0 Å². The van der Waals surface area contributed by atoms with Gasteiger partial charge in [-0.2, -0.15) is 16.7 Å². The van der Waals surface area contributed by atoms with Crippen molar-refractivity contribution in [2.75, 3.05) is 12.9 Å². The number of ether oxygens (including phenoxy) is 1. The number of fused-ring (bicyclic) bond motifs is 1. The lowest BCUT2D eigenvalue weighted by Gasteiger charge is -2.22. The Morgan fingerprint density at radius 3 is 3.05 bits per heavy atom. The topological polar surface area (TPSA) is 52.8 Å². The second kappa shape index (κ2) is 6.18. The van der Waals surface area contributed by atoms with Gasteiger partial charge in [-0.05, 0) is 18.6 Å². The van der Waals surface area contributed by atoms with Crippen molar-refractivity contribution in [2.45, 2.75) is 36.9 Å². The molecule has 0 N–H and O–H groups in total. The Labute approximate surface area is 127 Å². The molecule has 5 nitrogen and oxygen atoms in total. The molecule has 20 heavy (non-hydrogen) atoms. The highest BCUT2D eigenvalue weighted by molar-refractivity contribution is 7.99. The second-order valence-electron chi connectivity index (χ2n) is 4.82. The average molecular weight is 313 g/mol. The summed E-state index contributed by atoms with van der Waals surface area (Å²) in [4.78, 5) is 13.0. The molecule has 0 spiro atoms. The molecule has 1 saturated heterocycles. The largest absolute Gasteiger partial charge is 0.479 e. The Hall–Kier alpha value is -1.01. The molecule has 0 bridgehead atoms. The summed E-state index contributed by atoms with van der Waals surface area (Å²) in [5.41, 5.74) is 1.52. The number of nitrogens with zero attached hydrogens (tertiary/aromatic N) is 4. The Balaban J connectivity index is 1.99. The minimum absolute atomic E-state index is 0.372. The van der Waals surface area contributed by atoms with Crippen molar-refractivity contribution in [3.05, 3.63) is 12.2 Å². The Kier molecular flexibility index (Phi) is 4.31. The number of hydrogen-bond acceptors (Lipinski definition) is 5. The molecule has 7 heteroatoms.